The highest BCUT2D eigenvalue weighted by Gasteiger charge is 2.13. The number of nitrogens with zero attached hydrogens (tertiary/aromatic N) is 1. The number of hydrogen-bond acceptors (Lipinski definition) is 4. The first-order valence-electron chi connectivity index (χ1n) is 6.74. The molecule has 1 heterocycles. The molecule has 0 aliphatic heterocycles. The Bertz CT molecular complexity index is 706. The summed E-state index contributed by atoms with van der Waals surface area (Å²) in [7, 11) is 0. The molecule has 0 fully saturated rings. The zero-order valence-corrected chi connectivity index (χ0v) is 11.3. The third-order valence-electron chi connectivity index (χ3n) is 3.36. The van der Waals surface area contributed by atoms with Crippen LogP contribution in [0.1, 0.15) is 24.9 Å². The molecule has 0 radical (unpaired) electrons. The average Bonchev–Trinajstić information content (AvgIpc) is 2.90. The molecule has 102 valence electrons. The van der Waals surface area contributed by atoms with Gasteiger partial charge in [0.2, 0.25) is 0 Å². The molecule has 4 heteroatoms. The number of nitrogens with one attached hydrogen (secondary N) is 1. The Morgan fingerprint density at radius 1 is 1.15 bits per heavy atom. The number of para-hydroxylation sites is 1. The molecule has 1 aromatic heterocycles. The molecule has 3 aromatic rings. The second-order valence-electron chi connectivity index (χ2n) is 4.73. The normalized spacial score (nSPS) is 12.4. The summed E-state index contributed by atoms with van der Waals surface area (Å²) in [5, 5.41) is 3.33. The SMILES string of the molecule is CCC(Nc1nc2c(N)cccc2o1)c1ccccc1. The van der Waals surface area contributed by atoms with Crippen molar-refractivity contribution in [2.45, 2.75) is 19.4 Å². The van der Waals surface area contributed by atoms with Crippen molar-refractivity contribution in [2.24, 2.45) is 0 Å². The van der Waals surface area contributed by atoms with Crippen molar-refractivity contribution in [3.05, 3.63) is 54.1 Å². The maximum Gasteiger partial charge on any atom is 0.296 e. The van der Waals surface area contributed by atoms with E-state index in [2.05, 4.69) is 29.4 Å². The van der Waals surface area contributed by atoms with Gasteiger partial charge >= 0.3 is 0 Å². The Kier molecular flexibility index (Phi) is 3.29. The van der Waals surface area contributed by atoms with Crippen LogP contribution < -0.4 is 11.1 Å². The summed E-state index contributed by atoms with van der Waals surface area (Å²) in [6.07, 6.45) is 0.943. The summed E-state index contributed by atoms with van der Waals surface area (Å²) < 4.78 is 5.70. The molecule has 0 aliphatic rings. The molecular formula is C16H17N3O. The number of fused-ring (bicyclic) bond motifs is 1. The molecule has 3 rings (SSSR count). The van der Waals surface area contributed by atoms with E-state index in [0.29, 0.717) is 22.8 Å². The predicted molar refractivity (Wildman–Crippen MR) is 81.5 cm³/mol. The van der Waals surface area contributed by atoms with E-state index in [-0.39, 0.29) is 6.04 Å². The van der Waals surface area contributed by atoms with Crippen LogP contribution in [0.2, 0.25) is 0 Å². The van der Waals surface area contributed by atoms with Crippen LogP contribution in [0.5, 0.6) is 0 Å². The standard InChI is InChI=1S/C16H17N3O/c1-2-13(11-7-4-3-5-8-11)18-16-19-15-12(17)9-6-10-14(15)20-16/h3-10,13H,2,17H2,1H3,(H,18,19). The number of oxazole rings is 1. The van der Waals surface area contributed by atoms with Crippen LogP contribution >= 0.6 is 0 Å². The minimum atomic E-state index is 0.172. The molecule has 0 saturated carbocycles. The van der Waals surface area contributed by atoms with E-state index in [1.165, 1.54) is 5.56 Å². The van der Waals surface area contributed by atoms with Crippen molar-refractivity contribution in [3.8, 4) is 0 Å². The number of aromatic nitrogens is 1. The highest BCUT2D eigenvalue weighted by molar-refractivity contribution is 5.86. The smallest absolute Gasteiger partial charge is 0.296 e. The molecular weight excluding hydrogens is 250 g/mol. The molecule has 4 nitrogen and oxygen atoms in total. The van der Waals surface area contributed by atoms with Gasteiger partial charge < -0.3 is 15.5 Å². The molecule has 0 bridgehead atoms. The van der Waals surface area contributed by atoms with Gasteiger partial charge in [-0.1, -0.05) is 43.3 Å². The Labute approximate surface area is 117 Å². The summed E-state index contributed by atoms with van der Waals surface area (Å²) in [4.78, 5) is 4.42. The predicted octanol–water partition coefficient (Wildman–Crippen LogP) is 3.97. The van der Waals surface area contributed by atoms with Crippen molar-refractivity contribution >= 4 is 22.8 Å². The van der Waals surface area contributed by atoms with Gasteiger partial charge in [-0.05, 0) is 24.1 Å². The quantitative estimate of drug-likeness (QED) is 0.702. The van der Waals surface area contributed by atoms with Gasteiger partial charge in [0.15, 0.2) is 5.58 Å². The van der Waals surface area contributed by atoms with Crippen LogP contribution in [-0.2, 0) is 0 Å². The van der Waals surface area contributed by atoms with E-state index in [1.54, 1.807) is 0 Å². The summed E-state index contributed by atoms with van der Waals surface area (Å²) in [5.74, 6) is 0. The lowest BCUT2D eigenvalue weighted by atomic mass is 10.1. The largest absolute Gasteiger partial charge is 0.423 e. The van der Waals surface area contributed by atoms with Crippen molar-refractivity contribution in [2.75, 3.05) is 11.1 Å². The van der Waals surface area contributed by atoms with Crippen LogP contribution in [0.4, 0.5) is 11.7 Å². The van der Waals surface area contributed by atoms with Crippen molar-refractivity contribution in [1.82, 2.24) is 4.98 Å². The van der Waals surface area contributed by atoms with Gasteiger partial charge in [-0.3, -0.25) is 0 Å². The lowest BCUT2D eigenvalue weighted by Gasteiger charge is -2.15. The number of hydrogen-bond donors (Lipinski definition) is 2. The van der Waals surface area contributed by atoms with Gasteiger partial charge in [0, 0.05) is 0 Å². The fourth-order valence-electron chi connectivity index (χ4n) is 2.29. The lowest BCUT2D eigenvalue weighted by Crippen LogP contribution is -2.09. The van der Waals surface area contributed by atoms with Gasteiger partial charge in [-0.25, -0.2) is 0 Å². The molecule has 0 saturated heterocycles. The monoisotopic (exact) mass is 267 g/mol. The molecule has 0 aliphatic carbocycles. The van der Waals surface area contributed by atoms with E-state index in [0.717, 1.165) is 6.42 Å². The molecule has 2 aromatic carbocycles. The van der Waals surface area contributed by atoms with Crippen LogP contribution in [0.25, 0.3) is 11.1 Å². The molecule has 3 N–H and O–H groups in total. The first kappa shape index (κ1) is 12.5. The maximum absolute atomic E-state index is 5.89. The zero-order valence-electron chi connectivity index (χ0n) is 11.3. The zero-order chi connectivity index (χ0) is 13.9. The Balaban J connectivity index is 1.90. The van der Waals surface area contributed by atoms with E-state index < -0.39 is 0 Å². The second-order valence-corrected chi connectivity index (χ2v) is 4.73. The second kappa shape index (κ2) is 5.25. The molecule has 20 heavy (non-hydrogen) atoms. The van der Waals surface area contributed by atoms with Crippen molar-refractivity contribution in [1.29, 1.82) is 0 Å². The fraction of sp³-hybridized carbons (Fsp3) is 0.188. The maximum atomic E-state index is 5.89. The van der Waals surface area contributed by atoms with E-state index in [9.17, 15) is 0 Å². The van der Waals surface area contributed by atoms with Gasteiger partial charge in [0.25, 0.3) is 6.01 Å². The summed E-state index contributed by atoms with van der Waals surface area (Å²) in [5.41, 5.74) is 9.15. The van der Waals surface area contributed by atoms with Gasteiger partial charge in [0.1, 0.15) is 5.52 Å². The molecule has 0 spiro atoms. The Hall–Kier alpha value is -2.49. The average molecular weight is 267 g/mol. The molecule has 0 amide bonds. The number of nitrogen functional groups attached to an aromatic ring is 1. The van der Waals surface area contributed by atoms with Crippen LogP contribution in [0.15, 0.2) is 52.9 Å². The fourth-order valence-corrected chi connectivity index (χ4v) is 2.29. The number of rotatable bonds is 4. The highest BCUT2D eigenvalue weighted by Crippen LogP contribution is 2.27. The minimum Gasteiger partial charge on any atom is -0.423 e. The number of anilines is 2. The van der Waals surface area contributed by atoms with Crippen LogP contribution in [0, 0.1) is 0 Å². The Morgan fingerprint density at radius 3 is 2.65 bits per heavy atom. The van der Waals surface area contributed by atoms with E-state index in [1.807, 2.05) is 36.4 Å². The van der Waals surface area contributed by atoms with Gasteiger partial charge in [0.05, 0.1) is 11.7 Å². The number of benzene rings is 2. The van der Waals surface area contributed by atoms with Crippen LogP contribution in [0.3, 0.4) is 0 Å². The lowest BCUT2D eigenvalue weighted by molar-refractivity contribution is 0.592. The van der Waals surface area contributed by atoms with Crippen LogP contribution in [-0.4, -0.2) is 4.98 Å². The van der Waals surface area contributed by atoms with Gasteiger partial charge in [-0.15, -0.1) is 0 Å². The van der Waals surface area contributed by atoms with E-state index in [4.69, 9.17) is 10.2 Å². The van der Waals surface area contributed by atoms with E-state index >= 15 is 0 Å². The minimum absolute atomic E-state index is 0.172. The Morgan fingerprint density at radius 2 is 1.95 bits per heavy atom. The topological polar surface area (TPSA) is 64.1 Å². The first-order valence-corrected chi connectivity index (χ1v) is 6.74. The first-order chi connectivity index (χ1) is 9.78. The summed E-state index contributed by atoms with van der Waals surface area (Å²) in [6, 6.07) is 16.5. The van der Waals surface area contributed by atoms with Crippen molar-refractivity contribution in [3.63, 3.8) is 0 Å². The van der Waals surface area contributed by atoms with Crippen molar-refractivity contribution < 1.29 is 4.42 Å². The third kappa shape index (κ3) is 2.32. The van der Waals surface area contributed by atoms with Gasteiger partial charge in [-0.2, -0.15) is 4.98 Å². The summed E-state index contributed by atoms with van der Waals surface area (Å²) in [6.45, 7) is 2.13. The molecule has 1 unspecified atom stereocenters. The highest BCUT2D eigenvalue weighted by atomic mass is 16.4. The third-order valence-corrected chi connectivity index (χ3v) is 3.36. The number of nitrogens with two attached hydrogens (primary N) is 1. The summed E-state index contributed by atoms with van der Waals surface area (Å²) >= 11 is 0. The molecule has 1 atom stereocenters.